The van der Waals surface area contributed by atoms with Crippen LogP contribution in [0.5, 0.6) is 0 Å². The molecule has 0 unspecified atom stereocenters. The Balaban J connectivity index is 1.81. The molecule has 2 rings (SSSR count). The summed E-state index contributed by atoms with van der Waals surface area (Å²) in [4.78, 5) is 2.40. The van der Waals surface area contributed by atoms with E-state index in [-0.39, 0.29) is 0 Å². The van der Waals surface area contributed by atoms with E-state index in [4.69, 9.17) is 12.2 Å². The third-order valence-corrected chi connectivity index (χ3v) is 4.35. The van der Waals surface area contributed by atoms with Gasteiger partial charge in [0.25, 0.3) is 0 Å². The van der Waals surface area contributed by atoms with Gasteiger partial charge in [-0.3, -0.25) is 0 Å². The highest BCUT2D eigenvalue weighted by molar-refractivity contribution is 7.80. The second kappa shape index (κ2) is 5.85. The van der Waals surface area contributed by atoms with Gasteiger partial charge in [0.05, 0.1) is 0 Å². The molecule has 1 N–H and O–H groups in total. The number of nitrogens with zero attached hydrogens (tertiary/aromatic N) is 1. The maximum Gasteiger partial charge on any atom is 0.169 e. The van der Waals surface area contributed by atoms with E-state index in [1.54, 1.807) is 0 Å². The highest BCUT2D eigenvalue weighted by Gasteiger charge is 2.22. The minimum absolute atomic E-state index is 0.636. The number of piperidine rings is 1. The molecule has 0 aromatic rings. The zero-order valence-electron chi connectivity index (χ0n) is 10.4. The van der Waals surface area contributed by atoms with Crippen molar-refractivity contribution < 1.29 is 0 Å². The van der Waals surface area contributed by atoms with Gasteiger partial charge in [0.2, 0.25) is 0 Å². The predicted molar refractivity (Wildman–Crippen MR) is 72.6 cm³/mol. The summed E-state index contributed by atoms with van der Waals surface area (Å²) in [7, 11) is 0. The van der Waals surface area contributed by atoms with Gasteiger partial charge in [-0.15, -0.1) is 0 Å². The summed E-state index contributed by atoms with van der Waals surface area (Å²) in [5.74, 6) is 0. The van der Waals surface area contributed by atoms with Crippen LogP contribution < -0.4 is 5.32 Å². The minimum Gasteiger partial charge on any atom is -0.360 e. The standard InChI is InChI=1S/C13H24N2S/c1-11-7-5-6-10-15(11)13(16)14-12-8-3-2-4-9-12/h11-12H,2-10H2,1H3,(H,14,16)/t11-/m1/s1. The van der Waals surface area contributed by atoms with E-state index in [2.05, 4.69) is 17.1 Å². The van der Waals surface area contributed by atoms with Crippen LogP contribution in [-0.4, -0.2) is 28.6 Å². The van der Waals surface area contributed by atoms with Gasteiger partial charge in [0, 0.05) is 18.6 Å². The van der Waals surface area contributed by atoms with Crippen LogP contribution in [0.2, 0.25) is 0 Å². The Morgan fingerprint density at radius 2 is 1.75 bits per heavy atom. The Labute approximate surface area is 105 Å². The van der Waals surface area contributed by atoms with Crippen LogP contribution >= 0.6 is 12.2 Å². The smallest absolute Gasteiger partial charge is 0.169 e. The Bertz CT molecular complexity index is 236. The lowest BCUT2D eigenvalue weighted by Crippen LogP contribution is -2.50. The average molecular weight is 240 g/mol. The maximum absolute atomic E-state index is 5.55. The summed E-state index contributed by atoms with van der Waals surface area (Å²) in [5.41, 5.74) is 0. The Morgan fingerprint density at radius 3 is 2.44 bits per heavy atom. The first-order valence-corrected chi connectivity index (χ1v) is 7.25. The highest BCUT2D eigenvalue weighted by atomic mass is 32.1. The summed E-state index contributed by atoms with van der Waals surface area (Å²) >= 11 is 5.55. The van der Waals surface area contributed by atoms with Gasteiger partial charge in [-0.05, 0) is 51.2 Å². The van der Waals surface area contributed by atoms with Crippen molar-refractivity contribution in [2.24, 2.45) is 0 Å². The summed E-state index contributed by atoms with van der Waals surface area (Å²) in [6.07, 6.45) is 10.7. The molecule has 0 aromatic heterocycles. The molecule has 0 radical (unpaired) electrons. The van der Waals surface area contributed by atoms with Crippen LogP contribution in [0.3, 0.4) is 0 Å². The van der Waals surface area contributed by atoms with E-state index in [1.807, 2.05) is 0 Å². The van der Waals surface area contributed by atoms with Gasteiger partial charge in [-0.25, -0.2) is 0 Å². The van der Waals surface area contributed by atoms with Crippen LogP contribution in [0.1, 0.15) is 58.3 Å². The SMILES string of the molecule is C[C@@H]1CCCCN1C(=S)NC1CCCCC1. The van der Waals surface area contributed by atoms with Crippen molar-refractivity contribution in [1.29, 1.82) is 0 Å². The number of nitrogens with one attached hydrogen (secondary N) is 1. The van der Waals surface area contributed by atoms with Gasteiger partial charge >= 0.3 is 0 Å². The maximum atomic E-state index is 5.55. The molecule has 0 aromatic carbocycles. The van der Waals surface area contributed by atoms with Crippen LogP contribution in [0.15, 0.2) is 0 Å². The molecule has 1 saturated heterocycles. The fourth-order valence-electron chi connectivity index (χ4n) is 2.90. The lowest BCUT2D eigenvalue weighted by Gasteiger charge is -2.37. The minimum atomic E-state index is 0.636. The second-order valence-electron chi connectivity index (χ2n) is 5.32. The molecular formula is C13H24N2S. The summed E-state index contributed by atoms with van der Waals surface area (Å²) < 4.78 is 0. The van der Waals surface area contributed by atoms with Crippen molar-refractivity contribution in [3.05, 3.63) is 0 Å². The average Bonchev–Trinajstić information content (AvgIpc) is 2.31. The van der Waals surface area contributed by atoms with Crippen LogP contribution in [0.25, 0.3) is 0 Å². The fraction of sp³-hybridized carbons (Fsp3) is 0.923. The van der Waals surface area contributed by atoms with Crippen LogP contribution in [0.4, 0.5) is 0 Å². The number of likely N-dealkylation sites (tertiary alicyclic amines) is 1. The topological polar surface area (TPSA) is 15.3 Å². The zero-order valence-corrected chi connectivity index (χ0v) is 11.2. The summed E-state index contributed by atoms with van der Waals surface area (Å²) in [6, 6.07) is 1.28. The Morgan fingerprint density at radius 1 is 1.06 bits per heavy atom. The summed E-state index contributed by atoms with van der Waals surface area (Å²) in [5, 5.41) is 4.59. The zero-order chi connectivity index (χ0) is 11.4. The number of rotatable bonds is 1. The molecule has 1 saturated carbocycles. The highest BCUT2D eigenvalue weighted by Crippen LogP contribution is 2.20. The second-order valence-corrected chi connectivity index (χ2v) is 5.71. The number of thiocarbonyl (C=S) groups is 1. The first-order chi connectivity index (χ1) is 7.77. The third kappa shape index (κ3) is 3.09. The van der Waals surface area contributed by atoms with Crippen LogP contribution in [-0.2, 0) is 0 Å². The van der Waals surface area contributed by atoms with Crippen LogP contribution in [0, 0.1) is 0 Å². The molecule has 0 spiro atoms. The molecular weight excluding hydrogens is 216 g/mol. The van der Waals surface area contributed by atoms with Gasteiger partial charge in [-0.1, -0.05) is 19.3 Å². The molecule has 1 aliphatic carbocycles. The Kier molecular flexibility index (Phi) is 4.45. The lowest BCUT2D eigenvalue weighted by atomic mass is 9.95. The molecule has 92 valence electrons. The van der Waals surface area contributed by atoms with E-state index in [1.165, 1.54) is 51.4 Å². The first kappa shape index (κ1) is 12.2. The molecule has 0 amide bonds. The third-order valence-electron chi connectivity index (χ3n) is 4.00. The molecule has 1 atom stereocenters. The van der Waals surface area contributed by atoms with Crippen molar-refractivity contribution in [3.63, 3.8) is 0 Å². The van der Waals surface area contributed by atoms with E-state index >= 15 is 0 Å². The van der Waals surface area contributed by atoms with Gasteiger partial charge in [0.1, 0.15) is 0 Å². The van der Waals surface area contributed by atoms with E-state index in [0.717, 1.165) is 11.7 Å². The normalized spacial score (nSPS) is 27.8. The van der Waals surface area contributed by atoms with Crippen molar-refractivity contribution >= 4 is 17.3 Å². The monoisotopic (exact) mass is 240 g/mol. The summed E-state index contributed by atoms with van der Waals surface area (Å²) in [6.45, 7) is 3.45. The van der Waals surface area contributed by atoms with Gasteiger partial charge in [0.15, 0.2) is 5.11 Å². The van der Waals surface area contributed by atoms with Crippen molar-refractivity contribution in [2.45, 2.75) is 70.4 Å². The van der Waals surface area contributed by atoms with E-state index in [0.29, 0.717) is 12.1 Å². The van der Waals surface area contributed by atoms with Crippen molar-refractivity contribution in [1.82, 2.24) is 10.2 Å². The van der Waals surface area contributed by atoms with Crippen molar-refractivity contribution in [3.8, 4) is 0 Å². The first-order valence-electron chi connectivity index (χ1n) is 6.84. The molecule has 16 heavy (non-hydrogen) atoms. The molecule has 2 nitrogen and oxygen atoms in total. The fourth-order valence-corrected chi connectivity index (χ4v) is 3.34. The van der Waals surface area contributed by atoms with Gasteiger partial charge < -0.3 is 10.2 Å². The van der Waals surface area contributed by atoms with E-state index < -0.39 is 0 Å². The van der Waals surface area contributed by atoms with Crippen molar-refractivity contribution in [2.75, 3.05) is 6.54 Å². The number of hydrogen-bond donors (Lipinski definition) is 1. The Hall–Kier alpha value is -0.310. The molecule has 2 fully saturated rings. The molecule has 1 aliphatic heterocycles. The predicted octanol–water partition coefficient (Wildman–Crippen LogP) is 3.07. The van der Waals surface area contributed by atoms with E-state index in [9.17, 15) is 0 Å². The molecule has 1 heterocycles. The molecule has 3 heteroatoms. The molecule has 2 aliphatic rings. The number of hydrogen-bond acceptors (Lipinski definition) is 1. The lowest BCUT2D eigenvalue weighted by molar-refractivity contribution is 0.250. The van der Waals surface area contributed by atoms with Gasteiger partial charge in [-0.2, -0.15) is 0 Å². The molecule has 0 bridgehead atoms. The largest absolute Gasteiger partial charge is 0.360 e. The quantitative estimate of drug-likeness (QED) is 0.709.